The lowest BCUT2D eigenvalue weighted by Gasteiger charge is -2.27. The highest BCUT2D eigenvalue weighted by molar-refractivity contribution is 9.10. The molecule has 0 bridgehead atoms. The van der Waals surface area contributed by atoms with Gasteiger partial charge in [-0.1, -0.05) is 0 Å². The SMILES string of the molecule is COC(=O)C(NC(=O)OC(C)(C)C)C(C)Nc1cc(Br)cnc1N. The molecule has 1 aromatic heterocycles. The molecule has 1 rings (SSSR count). The van der Waals surface area contributed by atoms with Crippen molar-refractivity contribution >= 4 is 39.5 Å². The molecule has 134 valence electrons. The minimum absolute atomic E-state index is 0.269. The van der Waals surface area contributed by atoms with Gasteiger partial charge in [0, 0.05) is 10.7 Å². The summed E-state index contributed by atoms with van der Waals surface area (Å²) in [5, 5.41) is 5.55. The number of aromatic nitrogens is 1. The highest BCUT2D eigenvalue weighted by atomic mass is 79.9. The molecule has 0 saturated carbocycles. The van der Waals surface area contributed by atoms with Crippen LogP contribution in [0.25, 0.3) is 0 Å². The lowest BCUT2D eigenvalue weighted by Crippen LogP contribution is -2.52. The van der Waals surface area contributed by atoms with Crippen LogP contribution >= 0.6 is 15.9 Å². The highest BCUT2D eigenvalue weighted by Crippen LogP contribution is 2.22. The van der Waals surface area contributed by atoms with Crippen molar-refractivity contribution in [3.8, 4) is 0 Å². The predicted octanol–water partition coefficient (Wildman–Crippen LogP) is 2.29. The minimum Gasteiger partial charge on any atom is -0.467 e. The van der Waals surface area contributed by atoms with Gasteiger partial charge in [0.15, 0.2) is 0 Å². The molecule has 1 amide bonds. The second-order valence-corrected chi connectivity index (χ2v) is 7.08. The summed E-state index contributed by atoms with van der Waals surface area (Å²) in [6.45, 7) is 6.90. The second kappa shape index (κ2) is 8.18. The minimum atomic E-state index is -0.969. The number of amides is 1. The molecule has 0 fully saturated rings. The van der Waals surface area contributed by atoms with E-state index in [1.165, 1.54) is 7.11 Å². The molecule has 0 spiro atoms. The number of nitrogens with zero attached hydrogens (tertiary/aromatic N) is 1. The third-order valence-corrected chi connectivity index (χ3v) is 3.33. The van der Waals surface area contributed by atoms with Crippen molar-refractivity contribution in [3.63, 3.8) is 0 Å². The number of nitrogen functional groups attached to an aromatic ring is 1. The zero-order valence-corrected chi connectivity index (χ0v) is 15.9. The Balaban J connectivity index is 2.89. The maximum absolute atomic E-state index is 12.0. The number of anilines is 2. The Kier molecular flexibility index (Phi) is 6.82. The molecule has 0 radical (unpaired) electrons. The lowest BCUT2D eigenvalue weighted by molar-refractivity contribution is -0.143. The van der Waals surface area contributed by atoms with Crippen LogP contribution in [-0.4, -0.2) is 41.8 Å². The van der Waals surface area contributed by atoms with Crippen molar-refractivity contribution in [2.45, 2.75) is 45.4 Å². The number of nitrogens with one attached hydrogen (secondary N) is 2. The highest BCUT2D eigenvalue weighted by Gasteiger charge is 2.30. The Morgan fingerprint density at radius 2 is 2.00 bits per heavy atom. The number of pyridine rings is 1. The van der Waals surface area contributed by atoms with Crippen molar-refractivity contribution in [1.82, 2.24) is 10.3 Å². The van der Waals surface area contributed by atoms with Crippen LogP contribution in [0.1, 0.15) is 27.7 Å². The van der Waals surface area contributed by atoms with E-state index in [-0.39, 0.29) is 5.82 Å². The Hall–Kier alpha value is -2.03. The van der Waals surface area contributed by atoms with E-state index in [1.807, 2.05) is 0 Å². The fraction of sp³-hybridized carbons (Fsp3) is 0.533. The van der Waals surface area contributed by atoms with Gasteiger partial charge in [0.1, 0.15) is 17.5 Å². The molecule has 2 unspecified atom stereocenters. The number of hydrogen-bond acceptors (Lipinski definition) is 7. The van der Waals surface area contributed by atoms with Gasteiger partial charge < -0.3 is 25.8 Å². The molecule has 24 heavy (non-hydrogen) atoms. The van der Waals surface area contributed by atoms with Crippen LogP contribution in [0.15, 0.2) is 16.7 Å². The lowest BCUT2D eigenvalue weighted by atomic mass is 10.1. The molecular weight excluding hydrogens is 380 g/mol. The molecule has 0 aliphatic rings. The van der Waals surface area contributed by atoms with Crippen molar-refractivity contribution in [2.75, 3.05) is 18.2 Å². The van der Waals surface area contributed by atoms with E-state index in [1.54, 1.807) is 40.0 Å². The van der Waals surface area contributed by atoms with Crippen LogP contribution in [0.4, 0.5) is 16.3 Å². The zero-order valence-electron chi connectivity index (χ0n) is 14.3. The number of esters is 1. The summed E-state index contributed by atoms with van der Waals surface area (Å²) >= 11 is 3.30. The van der Waals surface area contributed by atoms with Gasteiger partial charge in [-0.2, -0.15) is 0 Å². The van der Waals surface area contributed by atoms with Crippen LogP contribution < -0.4 is 16.4 Å². The van der Waals surface area contributed by atoms with E-state index in [0.717, 1.165) is 4.47 Å². The summed E-state index contributed by atoms with van der Waals surface area (Å²) in [7, 11) is 1.24. The molecule has 0 aliphatic carbocycles. The third kappa shape index (κ3) is 6.23. The molecule has 9 heteroatoms. The van der Waals surface area contributed by atoms with Gasteiger partial charge >= 0.3 is 12.1 Å². The van der Waals surface area contributed by atoms with E-state index >= 15 is 0 Å². The molecule has 2 atom stereocenters. The largest absolute Gasteiger partial charge is 0.467 e. The number of ether oxygens (including phenoxy) is 2. The first-order valence-corrected chi connectivity index (χ1v) is 8.07. The first-order valence-electron chi connectivity index (χ1n) is 7.28. The summed E-state index contributed by atoms with van der Waals surface area (Å²) < 4.78 is 10.7. The number of rotatable bonds is 5. The molecule has 0 aromatic carbocycles. The monoisotopic (exact) mass is 402 g/mol. The van der Waals surface area contributed by atoms with Gasteiger partial charge in [0.2, 0.25) is 0 Å². The van der Waals surface area contributed by atoms with Gasteiger partial charge in [-0.15, -0.1) is 0 Å². The van der Waals surface area contributed by atoms with E-state index in [0.29, 0.717) is 5.69 Å². The Morgan fingerprint density at radius 1 is 1.38 bits per heavy atom. The number of hydrogen-bond donors (Lipinski definition) is 3. The normalized spacial score (nSPS) is 13.6. The Bertz CT molecular complexity index is 604. The maximum atomic E-state index is 12.0. The van der Waals surface area contributed by atoms with Gasteiger partial charge in [-0.05, 0) is 49.7 Å². The summed E-state index contributed by atoms with van der Waals surface area (Å²) in [4.78, 5) is 28.0. The molecule has 0 aliphatic heterocycles. The molecule has 0 saturated heterocycles. The number of carbonyl (C=O) groups is 2. The fourth-order valence-electron chi connectivity index (χ4n) is 1.84. The van der Waals surface area contributed by atoms with Crippen molar-refractivity contribution in [2.24, 2.45) is 0 Å². The number of carbonyl (C=O) groups excluding carboxylic acids is 2. The van der Waals surface area contributed by atoms with Crippen LogP contribution in [0.2, 0.25) is 0 Å². The summed E-state index contributed by atoms with van der Waals surface area (Å²) in [6.07, 6.45) is 0.842. The maximum Gasteiger partial charge on any atom is 0.408 e. The summed E-state index contributed by atoms with van der Waals surface area (Å²) in [5.41, 5.74) is 5.65. The zero-order chi connectivity index (χ0) is 18.5. The Labute approximate surface area is 149 Å². The van der Waals surface area contributed by atoms with Gasteiger partial charge in [-0.3, -0.25) is 0 Å². The third-order valence-electron chi connectivity index (χ3n) is 2.90. The van der Waals surface area contributed by atoms with Crippen LogP contribution in [0, 0.1) is 0 Å². The van der Waals surface area contributed by atoms with E-state index in [2.05, 4.69) is 31.5 Å². The number of halogens is 1. The van der Waals surface area contributed by atoms with Gasteiger partial charge in [0.05, 0.1) is 18.8 Å². The molecule has 1 heterocycles. The van der Waals surface area contributed by atoms with E-state index in [4.69, 9.17) is 15.2 Å². The molecular formula is C15H23BrN4O4. The summed E-state index contributed by atoms with van der Waals surface area (Å²) in [6, 6.07) is 0.229. The van der Waals surface area contributed by atoms with Crippen molar-refractivity contribution in [3.05, 3.63) is 16.7 Å². The average Bonchev–Trinajstić information content (AvgIpc) is 2.45. The fourth-order valence-corrected chi connectivity index (χ4v) is 2.17. The van der Waals surface area contributed by atoms with Crippen molar-refractivity contribution < 1.29 is 19.1 Å². The second-order valence-electron chi connectivity index (χ2n) is 6.17. The molecule has 4 N–H and O–H groups in total. The van der Waals surface area contributed by atoms with Gasteiger partial charge in [0.25, 0.3) is 0 Å². The van der Waals surface area contributed by atoms with E-state index in [9.17, 15) is 9.59 Å². The van der Waals surface area contributed by atoms with Gasteiger partial charge in [-0.25, -0.2) is 14.6 Å². The molecule has 1 aromatic rings. The van der Waals surface area contributed by atoms with Crippen molar-refractivity contribution in [1.29, 1.82) is 0 Å². The standard InChI is InChI=1S/C15H23BrN4O4/c1-8(19-10-6-9(16)7-18-12(10)17)11(13(21)23-5)20-14(22)24-15(2,3)4/h6-8,11,19H,1-5H3,(H2,17,18)(H,20,22). The van der Waals surface area contributed by atoms with Crippen LogP contribution in [0.3, 0.4) is 0 Å². The first kappa shape index (κ1) is 20.0. The quantitative estimate of drug-likeness (QED) is 0.646. The smallest absolute Gasteiger partial charge is 0.408 e. The topological polar surface area (TPSA) is 116 Å². The Morgan fingerprint density at radius 3 is 2.54 bits per heavy atom. The number of nitrogens with two attached hydrogens (primary N) is 1. The van der Waals surface area contributed by atoms with Crippen LogP contribution in [-0.2, 0) is 14.3 Å². The average molecular weight is 403 g/mol. The van der Waals surface area contributed by atoms with E-state index < -0.39 is 29.7 Å². The number of methoxy groups -OCH3 is 1. The summed E-state index contributed by atoms with van der Waals surface area (Å²) in [5.74, 6) is -0.340. The first-order chi connectivity index (χ1) is 11.0. The number of alkyl carbamates (subject to hydrolysis) is 1. The van der Waals surface area contributed by atoms with Crippen LogP contribution in [0.5, 0.6) is 0 Å². The predicted molar refractivity (Wildman–Crippen MR) is 94.6 cm³/mol. The molecule has 8 nitrogen and oxygen atoms in total.